The van der Waals surface area contributed by atoms with E-state index in [0.29, 0.717) is 5.75 Å². The van der Waals surface area contributed by atoms with Crippen molar-refractivity contribution in [1.82, 2.24) is 9.78 Å². The molecular weight excluding hydrogens is 370 g/mol. The van der Waals surface area contributed by atoms with Gasteiger partial charge in [-0.05, 0) is 54.5 Å². The van der Waals surface area contributed by atoms with Gasteiger partial charge >= 0.3 is 0 Å². The predicted octanol–water partition coefficient (Wildman–Crippen LogP) is 6.54. The third-order valence-electron chi connectivity index (χ3n) is 5.28. The molecule has 0 saturated heterocycles. The van der Waals surface area contributed by atoms with Crippen molar-refractivity contribution >= 4 is 11.9 Å². The highest BCUT2D eigenvalue weighted by Gasteiger charge is 2.24. The molecule has 4 nitrogen and oxygen atoms in total. The quantitative estimate of drug-likeness (QED) is 0.505. The van der Waals surface area contributed by atoms with Gasteiger partial charge in [0.2, 0.25) is 0 Å². The maximum atomic E-state index is 11.0. The zero-order valence-corrected chi connectivity index (χ0v) is 19.4. The molecule has 3 aromatic rings. The zero-order valence-electron chi connectivity index (χ0n) is 19.4. The highest BCUT2D eigenvalue weighted by atomic mass is 16.3. The number of phenolic OH excluding ortho intramolecular Hbond substituents is 1. The molecule has 0 aliphatic rings. The summed E-state index contributed by atoms with van der Waals surface area (Å²) in [5, 5.41) is 15.6. The molecule has 0 fully saturated rings. The first kappa shape index (κ1) is 21.8. The Labute approximate surface area is 180 Å². The molecular formula is C26H33N3O. The van der Waals surface area contributed by atoms with E-state index in [1.54, 1.807) is 6.21 Å². The fourth-order valence-electron chi connectivity index (χ4n) is 3.52. The molecule has 30 heavy (non-hydrogen) atoms. The maximum Gasteiger partial charge on any atom is 0.128 e. The largest absolute Gasteiger partial charge is 0.507 e. The van der Waals surface area contributed by atoms with Gasteiger partial charge in [-0.1, -0.05) is 59.7 Å². The molecule has 0 bridgehead atoms. The fraction of sp³-hybridized carbons (Fsp3) is 0.385. The first-order valence-electron chi connectivity index (χ1n) is 10.4. The Hall–Kier alpha value is -2.88. The van der Waals surface area contributed by atoms with Crippen LogP contribution in [-0.2, 0) is 10.8 Å². The van der Waals surface area contributed by atoms with Crippen LogP contribution in [0.4, 0.5) is 5.69 Å². The summed E-state index contributed by atoms with van der Waals surface area (Å²) in [6.07, 6.45) is 1.77. The molecule has 0 amide bonds. The van der Waals surface area contributed by atoms with Crippen molar-refractivity contribution in [3.05, 3.63) is 70.5 Å². The predicted molar refractivity (Wildman–Crippen MR) is 126 cm³/mol. The van der Waals surface area contributed by atoms with Gasteiger partial charge in [0.05, 0.1) is 17.1 Å². The number of aromatic hydroxyl groups is 1. The van der Waals surface area contributed by atoms with Crippen molar-refractivity contribution < 1.29 is 5.11 Å². The van der Waals surface area contributed by atoms with Gasteiger partial charge in [-0.2, -0.15) is 5.10 Å². The van der Waals surface area contributed by atoms with Crippen molar-refractivity contribution in [2.45, 2.75) is 66.2 Å². The van der Waals surface area contributed by atoms with E-state index in [-0.39, 0.29) is 10.8 Å². The molecule has 1 heterocycles. The van der Waals surface area contributed by atoms with Gasteiger partial charge in [-0.25, -0.2) is 4.68 Å². The lowest BCUT2D eigenvalue weighted by Crippen LogP contribution is -2.17. The molecule has 0 aliphatic heterocycles. The summed E-state index contributed by atoms with van der Waals surface area (Å²) in [5.41, 5.74) is 6.40. The third kappa shape index (κ3) is 4.48. The molecule has 0 unspecified atom stereocenters. The second kappa shape index (κ2) is 7.75. The normalized spacial score (nSPS) is 12.7. The number of nitrogens with zero attached hydrogens (tertiary/aromatic N) is 3. The highest BCUT2D eigenvalue weighted by Crippen LogP contribution is 2.37. The Bertz CT molecular complexity index is 1090. The second-order valence-corrected chi connectivity index (χ2v) is 10.0. The van der Waals surface area contributed by atoms with Crippen LogP contribution >= 0.6 is 0 Å². The monoisotopic (exact) mass is 403 g/mol. The number of aryl methyl sites for hydroxylation is 2. The fourth-order valence-corrected chi connectivity index (χ4v) is 3.52. The molecule has 158 valence electrons. The molecule has 0 radical (unpaired) electrons. The van der Waals surface area contributed by atoms with Gasteiger partial charge < -0.3 is 5.11 Å². The summed E-state index contributed by atoms with van der Waals surface area (Å²) in [6.45, 7) is 16.9. The van der Waals surface area contributed by atoms with Gasteiger partial charge in [0.1, 0.15) is 5.75 Å². The lowest BCUT2D eigenvalue weighted by Gasteiger charge is -2.27. The van der Waals surface area contributed by atoms with E-state index in [9.17, 15) is 5.11 Å². The SMILES string of the molecule is Cc1cc(C)n(-c2ccccc2N=Cc2cc(C(C)(C)C)cc(C(C)(C)C)c2O)n1. The van der Waals surface area contributed by atoms with Crippen LogP contribution in [0.2, 0.25) is 0 Å². The standard InChI is InChI=1S/C26H33N3O/c1-17-13-18(2)29(28-17)23-12-10-9-11-22(23)27-16-19-14-20(25(3,4)5)15-21(24(19)30)26(6,7)8/h9-16,30H,1-8H3. The van der Waals surface area contributed by atoms with Crippen LogP contribution in [0.25, 0.3) is 5.69 Å². The Morgan fingerprint density at radius 3 is 2.17 bits per heavy atom. The van der Waals surface area contributed by atoms with Gasteiger partial charge in [-0.3, -0.25) is 4.99 Å². The average Bonchev–Trinajstić information content (AvgIpc) is 2.97. The van der Waals surface area contributed by atoms with Crippen molar-refractivity contribution in [3.8, 4) is 11.4 Å². The van der Waals surface area contributed by atoms with Crippen molar-refractivity contribution in [3.63, 3.8) is 0 Å². The van der Waals surface area contributed by atoms with Crippen LogP contribution < -0.4 is 0 Å². The Morgan fingerprint density at radius 2 is 1.60 bits per heavy atom. The van der Waals surface area contributed by atoms with E-state index >= 15 is 0 Å². The van der Waals surface area contributed by atoms with E-state index in [1.165, 1.54) is 5.56 Å². The number of aromatic nitrogens is 2. The molecule has 0 atom stereocenters. The summed E-state index contributed by atoms with van der Waals surface area (Å²) < 4.78 is 1.91. The summed E-state index contributed by atoms with van der Waals surface area (Å²) in [4.78, 5) is 4.76. The number of rotatable bonds is 3. The molecule has 4 heteroatoms. The molecule has 3 rings (SSSR count). The van der Waals surface area contributed by atoms with Crippen LogP contribution in [0.5, 0.6) is 5.75 Å². The lowest BCUT2D eigenvalue weighted by molar-refractivity contribution is 0.444. The number of hydrogen-bond acceptors (Lipinski definition) is 3. The molecule has 1 aromatic heterocycles. The number of para-hydroxylation sites is 2. The molecule has 0 saturated carbocycles. The van der Waals surface area contributed by atoms with Crippen molar-refractivity contribution in [2.75, 3.05) is 0 Å². The Morgan fingerprint density at radius 1 is 0.933 bits per heavy atom. The first-order valence-corrected chi connectivity index (χ1v) is 10.4. The van der Waals surface area contributed by atoms with Gasteiger partial charge in [0, 0.05) is 23.0 Å². The van der Waals surface area contributed by atoms with E-state index in [1.807, 2.05) is 48.9 Å². The van der Waals surface area contributed by atoms with Crippen molar-refractivity contribution in [1.29, 1.82) is 0 Å². The lowest BCUT2D eigenvalue weighted by atomic mass is 9.79. The zero-order chi connectivity index (χ0) is 22.3. The van der Waals surface area contributed by atoms with Crippen LogP contribution in [0.15, 0.2) is 47.5 Å². The molecule has 0 aliphatic carbocycles. The summed E-state index contributed by atoms with van der Waals surface area (Å²) in [5.74, 6) is 0.294. The molecule has 2 aromatic carbocycles. The first-order chi connectivity index (χ1) is 13.9. The van der Waals surface area contributed by atoms with Gasteiger partial charge in [0.15, 0.2) is 0 Å². The topological polar surface area (TPSA) is 50.4 Å². The van der Waals surface area contributed by atoms with Gasteiger partial charge in [0.25, 0.3) is 0 Å². The summed E-state index contributed by atoms with van der Waals surface area (Å²) >= 11 is 0. The number of aliphatic imine (C=N–C) groups is 1. The maximum absolute atomic E-state index is 11.0. The van der Waals surface area contributed by atoms with Crippen LogP contribution in [-0.4, -0.2) is 21.1 Å². The highest BCUT2D eigenvalue weighted by molar-refractivity contribution is 5.87. The summed E-state index contributed by atoms with van der Waals surface area (Å²) in [6, 6.07) is 14.1. The van der Waals surface area contributed by atoms with E-state index < -0.39 is 0 Å². The number of benzene rings is 2. The van der Waals surface area contributed by atoms with E-state index in [0.717, 1.165) is 33.9 Å². The van der Waals surface area contributed by atoms with Crippen LogP contribution in [0.3, 0.4) is 0 Å². The van der Waals surface area contributed by atoms with Crippen LogP contribution in [0, 0.1) is 13.8 Å². The molecule has 0 spiro atoms. The minimum Gasteiger partial charge on any atom is -0.507 e. The number of hydrogen-bond donors (Lipinski definition) is 1. The summed E-state index contributed by atoms with van der Waals surface area (Å²) in [7, 11) is 0. The van der Waals surface area contributed by atoms with E-state index in [4.69, 9.17) is 4.99 Å². The third-order valence-corrected chi connectivity index (χ3v) is 5.28. The van der Waals surface area contributed by atoms with Crippen molar-refractivity contribution in [2.24, 2.45) is 4.99 Å². The smallest absolute Gasteiger partial charge is 0.128 e. The Kier molecular flexibility index (Phi) is 5.64. The minimum atomic E-state index is -0.171. The Balaban J connectivity index is 2.13. The van der Waals surface area contributed by atoms with E-state index in [2.05, 4.69) is 58.8 Å². The second-order valence-electron chi connectivity index (χ2n) is 10.0. The average molecular weight is 404 g/mol. The number of phenols is 1. The molecule has 1 N–H and O–H groups in total. The minimum absolute atomic E-state index is 0.0299. The van der Waals surface area contributed by atoms with Crippen LogP contribution in [0.1, 0.15) is 69.6 Å². The van der Waals surface area contributed by atoms with Gasteiger partial charge in [-0.15, -0.1) is 0 Å².